The van der Waals surface area contributed by atoms with Crippen molar-refractivity contribution in [3.63, 3.8) is 0 Å². The Balaban J connectivity index is 0.00000480. The van der Waals surface area contributed by atoms with Crippen molar-refractivity contribution in [1.29, 1.82) is 0 Å². The molecule has 0 spiro atoms. The van der Waals surface area contributed by atoms with Gasteiger partial charge in [0.1, 0.15) is 0 Å². The SMILES string of the molecule is CCNC(=NCC(c1ccccc1)N(CC)CC)NCCCCn1ccccc1=O.I. The molecule has 0 amide bonds. The number of aromatic nitrogens is 1. The zero-order valence-electron chi connectivity index (χ0n) is 19.1. The van der Waals surface area contributed by atoms with Crippen molar-refractivity contribution < 1.29 is 0 Å². The molecule has 0 fully saturated rings. The van der Waals surface area contributed by atoms with Gasteiger partial charge in [0.25, 0.3) is 0 Å². The summed E-state index contributed by atoms with van der Waals surface area (Å²) >= 11 is 0. The van der Waals surface area contributed by atoms with E-state index in [9.17, 15) is 4.79 Å². The van der Waals surface area contributed by atoms with E-state index >= 15 is 0 Å². The van der Waals surface area contributed by atoms with E-state index in [-0.39, 0.29) is 35.6 Å². The van der Waals surface area contributed by atoms with E-state index in [2.05, 4.69) is 66.6 Å². The van der Waals surface area contributed by atoms with Crippen molar-refractivity contribution in [3.05, 3.63) is 70.6 Å². The Kier molecular flexibility index (Phi) is 13.9. The van der Waals surface area contributed by atoms with Crippen LogP contribution in [0, 0.1) is 0 Å². The number of nitrogens with one attached hydrogen (secondary N) is 2. The number of hydrogen-bond acceptors (Lipinski definition) is 3. The lowest BCUT2D eigenvalue weighted by Gasteiger charge is -2.29. The van der Waals surface area contributed by atoms with Crippen LogP contribution in [0.3, 0.4) is 0 Å². The zero-order chi connectivity index (χ0) is 21.6. The Bertz CT molecular complexity index is 805. The third kappa shape index (κ3) is 9.43. The van der Waals surface area contributed by atoms with Crippen LogP contribution in [-0.2, 0) is 6.54 Å². The topological polar surface area (TPSA) is 61.7 Å². The van der Waals surface area contributed by atoms with Crippen LogP contribution in [0.15, 0.2) is 64.5 Å². The van der Waals surface area contributed by atoms with Gasteiger partial charge in [-0.05, 0) is 44.5 Å². The summed E-state index contributed by atoms with van der Waals surface area (Å²) in [6.45, 7) is 11.6. The Morgan fingerprint density at radius 3 is 2.35 bits per heavy atom. The molecule has 172 valence electrons. The van der Waals surface area contributed by atoms with Gasteiger partial charge in [-0.2, -0.15) is 0 Å². The Labute approximate surface area is 204 Å². The number of likely N-dealkylation sites (N-methyl/N-ethyl adjacent to an activating group) is 1. The van der Waals surface area contributed by atoms with Gasteiger partial charge in [0, 0.05) is 31.9 Å². The zero-order valence-corrected chi connectivity index (χ0v) is 21.4. The molecule has 0 bridgehead atoms. The third-order valence-corrected chi connectivity index (χ3v) is 5.22. The van der Waals surface area contributed by atoms with Gasteiger partial charge in [-0.3, -0.25) is 14.7 Å². The maximum atomic E-state index is 11.8. The average Bonchev–Trinajstić information content (AvgIpc) is 2.78. The molecule has 31 heavy (non-hydrogen) atoms. The first kappa shape index (κ1) is 27.2. The van der Waals surface area contributed by atoms with Crippen LogP contribution in [0.2, 0.25) is 0 Å². The van der Waals surface area contributed by atoms with E-state index < -0.39 is 0 Å². The lowest BCUT2D eigenvalue weighted by atomic mass is 10.1. The molecule has 0 aliphatic rings. The van der Waals surface area contributed by atoms with Gasteiger partial charge in [0.15, 0.2) is 5.96 Å². The molecule has 1 atom stereocenters. The smallest absolute Gasteiger partial charge is 0.250 e. The fourth-order valence-corrected chi connectivity index (χ4v) is 3.55. The lowest BCUT2D eigenvalue weighted by Crippen LogP contribution is -2.39. The molecule has 1 aromatic carbocycles. The minimum Gasteiger partial charge on any atom is -0.357 e. The van der Waals surface area contributed by atoms with E-state index in [4.69, 9.17) is 4.99 Å². The fourth-order valence-electron chi connectivity index (χ4n) is 3.55. The number of pyridine rings is 1. The van der Waals surface area contributed by atoms with Crippen molar-refractivity contribution in [2.45, 2.75) is 46.2 Å². The Morgan fingerprint density at radius 2 is 1.71 bits per heavy atom. The van der Waals surface area contributed by atoms with Gasteiger partial charge >= 0.3 is 0 Å². The second-order valence-electron chi connectivity index (χ2n) is 7.23. The second kappa shape index (κ2) is 15.9. The van der Waals surface area contributed by atoms with Gasteiger partial charge in [0.2, 0.25) is 5.56 Å². The first-order valence-corrected chi connectivity index (χ1v) is 11.2. The van der Waals surface area contributed by atoms with Crippen molar-refractivity contribution >= 4 is 29.9 Å². The molecule has 6 nitrogen and oxygen atoms in total. The monoisotopic (exact) mass is 539 g/mol. The molecular formula is C24H38IN5O. The molecule has 0 aliphatic heterocycles. The van der Waals surface area contributed by atoms with Gasteiger partial charge in [-0.1, -0.05) is 50.2 Å². The lowest BCUT2D eigenvalue weighted by molar-refractivity contribution is 0.224. The van der Waals surface area contributed by atoms with Gasteiger partial charge < -0.3 is 15.2 Å². The standard InChI is InChI=1S/C24H37N5O.HI/c1-4-25-24(26-17-11-13-19-29-18-12-10-16-23(29)30)27-20-22(28(5-2)6-3)21-14-8-7-9-15-21;/h7-10,12,14-16,18,22H,4-6,11,13,17,19-20H2,1-3H3,(H2,25,26,27);1H. The number of guanidine groups is 1. The predicted octanol–water partition coefficient (Wildman–Crippen LogP) is 3.88. The van der Waals surface area contributed by atoms with Gasteiger partial charge in [-0.25, -0.2) is 0 Å². The molecular weight excluding hydrogens is 501 g/mol. The van der Waals surface area contributed by atoms with Crippen molar-refractivity contribution in [3.8, 4) is 0 Å². The summed E-state index contributed by atoms with van der Waals surface area (Å²) in [7, 11) is 0. The molecule has 1 heterocycles. The number of benzene rings is 1. The first-order valence-electron chi connectivity index (χ1n) is 11.2. The minimum atomic E-state index is 0. The highest BCUT2D eigenvalue weighted by Gasteiger charge is 2.17. The third-order valence-electron chi connectivity index (χ3n) is 5.22. The number of nitrogens with zero attached hydrogens (tertiary/aromatic N) is 3. The summed E-state index contributed by atoms with van der Waals surface area (Å²) in [4.78, 5) is 19.1. The molecule has 2 aromatic rings. The largest absolute Gasteiger partial charge is 0.357 e. The molecule has 0 saturated heterocycles. The number of aryl methyl sites for hydroxylation is 1. The number of aliphatic imine (C=N–C) groups is 1. The molecule has 2 rings (SSSR count). The summed E-state index contributed by atoms with van der Waals surface area (Å²) in [5.74, 6) is 0.850. The molecule has 1 aromatic heterocycles. The Morgan fingerprint density at radius 1 is 1.00 bits per heavy atom. The molecule has 7 heteroatoms. The number of hydrogen-bond donors (Lipinski definition) is 2. The summed E-state index contributed by atoms with van der Waals surface area (Å²) < 4.78 is 1.76. The van der Waals surface area contributed by atoms with Crippen molar-refractivity contribution in [1.82, 2.24) is 20.1 Å². The van der Waals surface area contributed by atoms with Crippen molar-refractivity contribution in [2.75, 3.05) is 32.7 Å². The summed E-state index contributed by atoms with van der Waals surface area (Å²) in [5, 5.41) is 6.78. The van der Waals surface area contributed by atoms with Crippen LogP contribution in [0.1, 0.15) is 45.2 Å². The normalized spacial score (nSPS) is 12.3. The molecule has 1 unspecified atom stereocenters. The second-order valence-corrected chi connectivity index (χ2v) is 7.23. The van der Waals surface area contributed by atoms with Crippen LogP contribution < -0.4 is 16.2 Å². The van der Waals surface area contributed by atoms with Crippen LogP contribution in [0.25, 0.3) is 0 Å². The highest BCUT2D eigenvalue weighted by atomic mass is 127. The highest BCUT2D eigenvalue weighted by molar-refractivity contribution is 14.0. The van der Waals surface area contributed by atoms with Crippen molar-refractivity contribution in [2.24, 2.45) is 4.99 Å². The summed E-state index contributed by atoms with van der Waals surface area (Å²) in [6.07, 6.45) is 3.77. The number of unbranched alkanes of at least 4 members (excludes halogenated alkanes) is 1. The molecule has 0 aliphatic carbocycles. The highest BCUT2D eigenvalue weighted by Crippen LogP contribution is 2.20. The van der Waals surface area contributed by atoms with E-state index in [1.165, 1.54) is 5.56 Å². The summed E-state index contributed by atoms with van der Waals surface area (Å²) in [6, 6.07) is 16.2. The van der Waals surface area contributed by atoms with E-state index in [0.29, 0.717) is 6.54 Å². The van der Waals surface area contributed by atoms with Crippen LogP contribution in [-0.4, -0.2) is 48.2 Å². The van der Waals surface area contributed by atoms with E-state index in [1.807, 2.05) is 12.3 Å². The van der Waals surface area contributed by atoms with E-state index in [0.717, 1.165) is 51.5 Å². The summed E-state index contributed by atoms with van der Waals surface area (Å²) in [5.41, 5.74) is 1.36. The van der Waals surface area contributed by atoms with Crippen LogP contribution >= 0.6 is 24.0 Å². The molecule has 0 saturated carbocycles. The van der Waals surface area contributed by atoms with Crippen LogP contribution in [0.5, 0.6) is 0 Å². The van der Waals surface area contributed by atoms with Gasteiger partial charge in [-0.15, -0.1) is 24.0 Å². The fraction of sp³-hybridized carbons (Fsp3) is 0.500. The molecule has 0 radical (unpaired) electrons. The maximum absolute atomic E-state index is 11.8. The molecule has 2 N–H and O–H groups in total. The quantitative estimate of drug-likeness (QED) is 0.186. The maximum Gasteiger partial charge on any atom is 0.250 e. The number of halogens is 1. The first-order chi connectivity index (χ1) is 14.7. The predicted molar refractivity (Wildman–Crippen MR) is 141 cm³/mol. The number of rotatable bonds is 12. The van der Waals surface area contributed by atoms with Gasteiger partial charge in [0.05, 0.1) is 12.6 Å². The van der Waals surface area contributed by atoms with E-state index in [1.54, 1.807) is 16.7 Å². The average molecular weight is 540 g/mol. The van der Waals surface area contributed by atoms with Crippen LogP contribution in [0.4, 0.5) is 0 Å². The minimum absolute atomic E-state index is 0. The Hall–Kier alpha value is -1.87.